The number of hydrogen-bond acceptors (Lipinski definition) is 3. The molecule has 1 saturated heterocycles. The summed E-state index contributed by atoms with van der Waals surface area (Å²) in [5.74, 6) is 0.225. The maximum Gasteiger partial charge on any atom is 0.223 e. The molecule has 0 bridgehead atoms. The molecular formula is C22H32N4O. The Morgan fingerprint density at radius 3 is 2.48 bits per heavy atom. The molecule has 2 aromatic rings. The van der Waals surface area contributed by atoms with E-state index in [1.165, 1.54) is 12.8 Å². The highest BCUT2D eigenvalue weighted by Gasteiger charge is 2.23. The third-order valence-electron chi connectivity index (χ3n) is 4.99. The number of likely N-dealkylation sites (tertiary alicyclic amines) is 1. The minimum absolute atomic E-state index is 0.0113. The van der Waals surface area contributed by atoms with Gasteiger partial charge in [-0.3, -0.25) is 4.79 Å². The molecule has 5 nitrogen and oxygen atoms in total. The van der Waals surface area contributed by atoms with Crippen LogP contribution in [0.25, 0.3) is 5.69 Å². The summed E-state index contributed by atoms with van der Waals surface area (Å²) in [5.41, 5.74) is 2.06. The predicted molar refractivity (Wildman–Crippen MR) is 109 cm³/mol. The number of carbonyl (C=O) groups excluding carboxylic acids is 1. The van der Waals surface area contributed by atoms with Gasteiger partial charge < -0.3 is 9.80 Å². The average Bonchev–Trinajstić information content (AvgIpc) is 3.29. The molecule has 1 aliphatic rings. The van der Waals surface area contributed by atoms with Gasteiger partial charge >= 0.3 is 0 Å². The smallest absolute Gasteiger partial charge is 0.223 e. The van der Waals surface area contributed by atoms with Crippen molar-refractivity contribution in [3.8, 4) is 5.69 Å². The molecule has 0 spiro atoms. The molecule has 0 N–H and O–H groups in total. The molecule has 2 heterocycles. The fourth-order valence-electron chi connectivity index (χ4n) is 3.57. The van der Waals surface area contributed by atoms with Gasteiger partial charge in [0.1, 0.15) is 0 Å². The quantitative estimate of drug-likeness (QED) is 0.748. The Morgan fingerprint density at radius 1 is 1.11 bits per heavy atom. The van der Waals surface area contributed by atoms with Gasteiger partial charge in [-0.1, -0.05) is 39.0 Å². The minimum Gasteiger partial charge on any atom is -0.335 e. The van der Waals surface area contributed by atoms with Crippen molar-refractivity contribution in [3.05, 3.63) is 48.3 Å². The van der Waals surface area contributed by atoms with E-state index in [1.54, 1.807) is 0 Å². The van der Waals surface area contributed by atoms with Crippen LogP contribution in [0.2, 0.25) is 0 Å². The number of aromatic nitrogens is 2. The normalized spacial score (nSPS) is 15.2. The summed E-state index contributed by atoms with van der Waals surface area (Å²) in [7, 11) is 0. The molecule has 1 amide bonds. The van der Waals surface area contributed by atoms with E-state index in [0.29, 0.717) is 13.0 Å². The molecule has 0 radical (unpaired) electrons. The van der Waals surface area contributed by atoms with Crippen LogP contribution >= 0.6 is 0 Å². The molecule has 27 heavy (non-hydrogen) atoms. The predicted octanol–water partition coefficient (Wildman–Crippen LogP) is 3.73. The van der Waals surface area contributed by atoms with Crippen LogP contribution in [0.5, 0.6) is 0 Å². The van der Waals surface area contributed by atoms with Crippen molar-refractivity contribution in [3.63, 3.8) is 0 Å². The van der Waals surface area contributed by atoms with Crippen molar-refractivity contribution in [2.45, 2.75) is 46.6 Å². The molecular weight excluding hydrogens is 336 g/mol. The van der Waals surface area contributed by atoms with Gasteiger partial charge in [-0.15, -0.1) is 0 Å². The van der Waals surface area contributed by atoms with Crippen molar-refractivity contribution < 1.29 is 4.79 Å². The molecule has 1 fully saturated rings. The highest BCUT2D eigenvalue weighted by atomic mass is 16.2. The van der Waals surface area contributed by atoms with Crippen LogP contribution < -0.4 is 0 Å². The zero-order valence-electron chi connectivity index (χ0n) is 16.9. The summed E-state index contributed by atoms with van der Waals surface area (Å²) >= 11 is 0. The van der Waals surface area contributed by atoms with Crippen molar-refractivity contribution >= 4 is 5.91 Å². The Hall–Kier alpha value is -2.14. The lowest BCUT2D eigenvalue weighted by Crippen LogP contribution is -2.39. The number of nitrogens with zero attached hydrogens (tertiary/aromatic N) is 4. The van der Waals surface area contributed by atoms with Gasteiger partial charge in [0.15, 0.2) is 0 Å². The summed E-state index contributed by atoms with van der Waals surface area (Å²) < 4.78 is 1.94. The van der Waals surface area contributed by atoms with Crippen LogP contribution in [0.15, 0.2) is 42.6 Å². The lowest BCUT2D eigenvalue weighted by atomic mass is 9.91. The van der Waals surface area contributed by atoms with E-state index in [1.807, 2.05) is 52.2 Å². The van der Waals surface area contributed by atoms with E-state index in [9.17, 15) is 4.79 Å². The molecule has 1 aliphatic heterocycles. The van der Waals surface area contributed by atoms with E-state index >= 15 is 0 Å². The first-order valence-electron chi connectivity index (χ1n) is 10.0. The summed E-state index contributed by atoms with van der Waals surface area (Å²) in [6.07, 6.45) is 4.93. The van der Waals surface area contributed by atoms with Gasteiger partial charge in [-0.25, -0.2) is 4.68 Å². The fraction of sp³-hybridized carbons (Fsp3) is 0.545. The SMILES string of the molecule is CC(C)(C)CC(=O)N(CCN1CCCC1)Cc1ccnn1-c1ccccc1. The van der Waals surface area contributed by atoms with Crippen molar-refractivity contribution in [1.29, 1.82) is 0 Å². The molecule has 5 heteroatoms. The Kier molecular flexibility index (Phi) is 6.32. The second kappa shape index (κ2) is 8.70. The number of benzene rings is 1. The number of para-hydroxylation sites is 1. The Morgan fingerprint density at radius 2 is 1.81 bits per heavy atom. The monoisotopic (exact) mass is 368 g/mol. The summed E-state index contributed by atoms with van der Waals surface area (Å²) in [6.45, 7) is 11.0. The second-order valence-electron chi connectivity index (χ2n) is 8.67. The van der Waals surface area contributed by atoms with E-state index in [-0.39, 0.29) is 11.3 Å². The largest absolute Gasteiger partial charge is 0.335 e. The molecule has 3 rings (SSSR count). The number of amides is 1. The van der Waals surface area contributed by atoms with Gasteiger partial charge in [-0.2, -0.15) is 5.10 Å². The summed E-state index contributed by atoms with van der Waals surface area (Å²) in [5, 5.41) is 4.48. The standard InChI is InChI=1S/C22H32N4O/c1-22(2,3)17-21(27)25(16-15-24-13-7-8-14-24)18-20-11-12-23-26(20)19-9-5-4-6-10-19/h4-6,9-12H,7-8,13-18H2,1-3H3. The van der Waals surface area contributed by atoms with Gasteiger partial charge in [-0.05, 0) is 49.5 Å². The van der Waals surface area contributed by atoms with Crippen LogP contribution in [0.4, 0.5) is 0 Å². The maximum atomic E-state index is 13.0. The lowest BCUT2D eigenvalue weighted by molar-refractivity contribution is -0.134. The van der Waals surface area contributed by atoms with Crippen LogP contribution in [-0.4, -0.2) is 51.7 Å². The van der Waals surface area contributed by atoms with E-state index in [4.69, 9.17) is 0 Å². The van der Waals surface area contributed by atoms with Crippen LogP contribution in [0.3, 0.4) is 0 Å². The summed E-state index contributed by atoms with van der Waals surface area (Å²) in [6, 6.07) is 12.1. The van der Waals surface area contributed by atoms with Crippen molar-refractivity contribution in [2.75, 3.05) is 26.2 Å². The van der Waals surface area contributed by atoms with Gasteiger partial charge in [0.2, 0.25) is 5.91 Å². The molecule has 0 unspecified atom stereocenters. The molecule has 0 aliphatic carbocycles. The first kappa shape index (κ1) is 19.6. The first-order valence-corrected chi connectivity index (χ1v) is 10.0. The zero-order valence-corrected chi connectivity index (χ0v) is 16.9. The topological polar surface area (TPSA) is 41.4 Å². The van der Waals surface area contributed by atoms with E-state index in [0.717, 1.165) is 37.6 Å². The lowest BCUT2D eigenvalue weighted by Gasteiger charge is -2.28. The van der Waals surface area contributed by atoms with Crippen molar-refractivity contribution in [1.82, 2.24) is 19.6 Å². The van der Waals surface area contributed by atoms with Gasteiger partial charge in [0.05, 0.1) is 17.9 Å². The Balaban J connectivity index is 1.74. The van der Waals surface area contributed by atoms with Crippen LogP contribution in [0, 0.1) is 5.41 Å². The molecule has 146 valence electrons. The average molecular weight is 369 g/mol. The minimum atomic E-state index is -0.0113. The highest BCUT2D eigenvalue weighted by Crippen LogP contribution is 2.21. The van der Waals surface area contributed by atoms with Crippen molar-refractivity contribution in [2.24, 2.45) is 5.41 Å². The summed E-state index contributed by atoms with van der Waals surface area (Å²) in [4.78, 5) is 17.5. The zero-order chi connectivity index (χ0) is 19.3. The Bertz CT molecular complexity index is 726. The fourth-order valence-corrected chi connectivity index (χ4v) is 3.57. The second-order valence-corrected chi connectivity index (χ2v) is 8.67. The molecule has 1 aromatic carbocycles. The van der Waals surface area contributed by atoms with Crippen LogP contribution in [0.1, 0.15) is 45.7 Å². The maximum absolute atomic E-state index is 13.0. The number of carbonyl (C=O) groups is 1. The molecule has 0 atom stereocenters. The highest BCUT2D eigenvalue weighted by molar-refractivity contribution is 5.76. The number of hydrogen-bond donors (Lipinski definition) is 0. The molecule has 0 saturated carbocycles. The van der Waals surface area contributed by atoms with Crippen LogP contribution in [-0.2, 0) is 11.3 Å². The van der Waals surface area contributed by atoms with Gasteiger partial charge in [0, 0.05) is 25.7 Å². The van der Waals surface area contributed by atoms with E-state index < -0.39 is 0 Å². The first-order chi connectivity index (χ1) is 12.9. The number of rotatable bonds is 7. The third kappa shape index (κ3) is 5.67. The Labute approximate surface area is 163 Å². The van der Waals surface area contributed by atoms with E-state index in [2.05, 4.69) is 30.8 Å². The molecule has 1 aromatic heterocycles. The third-order valence-corrected chi connectivity index (χ3v) is 4.99. The van der Waals surface area contributed by atoms with Gasteiger partial charge in [0.25, 0.3) is 0 Å².